The maximum atomic E-state index is 12.6. The van der Waals surface area contributed by atoms with E-state index < -0.39 is 9.84 Å². The van der Waals surface area contributed by atoms with Crippen LogP contribution in [0, 0.1) is 0 Å². The topological polar surface area (TPSA) is 68.2 Å². The molecule has 0 aliphatic carbocycles. The number of nitrogens with zero attached hydrogens (tertiary/aromatic N) is 1. The number of carbonyl (C=O) groups excluding carboxylic acids is 1. The number of carbonyl (C=O) groups is 1. The van der Waals surface area contributed by atoms with Crippen molar-refractivity contribution in [3.8, 4) is 0 Å². The molecule has 0 aliphatic heterocycles. The van der Waals surface area contributed by atoms with Gasteiger partial charge in [0, 0.05) is 35.8 Å². The number of sulfone groups is 1. The summed E-state index contributed by atoms with van der Waals surface area (Å²) in [6, 6.07) is 24.6. The van der Waals surface area contributed by atoms with Gasteiger partial charge in [-0.25, -0.2) is 8.42 Å². The zero-order valence-electron chi connectivity index (χ0n) is 17.3. The van der Waals surface area contributed by atoms with Crippen molar-refractivity contribution in [1.82, 2.24) is 9.88 Å². The fourth-order valence-electron chi connectivity index (χ4n) is 3.53. The molecule has 0 radical (unpaired) electrons. The molecule has 0 unspecified atom stereocenters. The van der Waals surface area contributed by atoms with Crippen LogP contribution in [0.25, 0.3) is 10.9 Å². The van der Waals surface area contributed by atoms with Crippen LogP contribution in [-0.2, 0) is 22.9 Å². The lowest BCUT2D eigenvalue weighted by molar-refractivity contribution is 0.0951. The van der Waals surface area contributed by atoms with Gasteiger partial charge in [0.15, 0.2) is 9.84 Å². The molecule has 31 heavy (non-hydrogen) atoms. The first-order valence-electron chi connectivity index (χ1n) is 10.2. The van der Waals surface area contributed by atoms with Crippen LogP contribution in [0.2, 0.25) is 0 Å². The van der Waals surface area contributed by atoms with E-state index in [1.165, 1.54) is 5.56 Å². The summed E-state index contributed by atoms with van der Waals surface area (Å²) in [4.78, 5) is 12.9. The zero-order chi connectivity index (χ0) is 21.8. The van der Waals surface area contributed by atoms with Crippen LogP contribution in [0.4, 0.5) is 0 Å². The van der Waals surface area contributed by atoms with Crippen molar-refractivity contribution in [3.05, 3.63) is 102 Å². The Balaban J connectivity index is 1.43. The number of aromatic nitrogens is 1. The summed E-state index contributed by atoms with van der Waals surface area (Å²) in [5, 5.41) is 3.92. The second-order valence-electron chi connectivity index (χ2n) is 7.43. The van der Waals surface area contributed by atoms with Crippen molar-refractivity contribution in [2.24, 2.45) is 0 Å². The number of amides is 1. The first-order valence-corrected chi connectivity index (χ1v) is 11.8. The van der Waals surface area contributed by atoms with E-state index in [0.717, 1.165) is 23.0 Å². The summed E-state index contributed by atoms with van der Waals surface area (Å²) >= 11 is 0. The van der Waals surface area contributed by atoms with Gasteiger partial charge in [0.2, 0.25) is 0 Å². The minimum absolute atomic E-state index is 0.0681. The van der Waals surface area contributed by atoms with Gasteiger partial charge in [0.25, 0.3) is 5.91 Å². The van der Waals surface area contributed by atoms with Crippen LogP contribution < -0.4 is 5.32 Å². The molecule has 4 aromatic rings. The number of rotatable bonds is 7. The van der Waals surface area contributed by atoms with Gasteiger partial charge in [0.05, 0.1) is 10.6 Å². The average Bonchev–Trinajstić information content (AvgIpc) is 3.20. The summed E-state index contributed by atoms with van der Waals surface area (Å²) in [6.07, 6.45) is 2.03. The van der Waals surface area contributed by atoms with Crippen molar-refractivity contribution in [2.75, 3.05) is 5.75 Å². The van der Waals surface area contributed by atoms with E-state index in [1.807, 2.05) is 48.7 Å². The molecule has 6 heteroatoms. The molecule has 1 heterocycles. The van der Waals surface area contributed by atoms with E-state index in [9.17, 15) is 13.2 Å². The van der Waals surface area contributed by atoms with Crippen molar-refractivity contribution in [1.29, 1.82) is 0 Å². The molecule has 0 atom stereocenters. The molecule has 3 aromatic carbocycles. The van der Waals surface area contributed by atoms with Gasteiger partial charge < -0.3 is 9.88 Å². The number of nitrogens with one attached hydrogen (secondary N) is 1. The third-order valence-corrected chi connectivity index (χ3v) is 7.09. The number of hydrogen-bond acceptors (Lipinski definition) is 3. The third-order valence-electron chi connectivity index (χ3n) is 5.34. The quantitative estimate of drug-likeness (QED) is 0.470. The van der Waals surface area contributed by atoms with Crippen molar-refractivity contribution in [3.63, 3.8) is 0 Å². The molecule has 0 spiro atoms. The van der Waals surface area contributed by atoms with Crippen LogP contribution in [0.1, 0.15) is 28.4 Å². The van der Waals surface area contributed by atoms with E-state index in [4.69, 9.17) is 0 Å². The molecule has 0 saturated carbocycles. The molecule has 0 aliphatic rings. The Hall–Kier alpha value is -3.38. The largest absolute Gasteiger partial charge is 0.348 e. The van der Waals surface area contributed by atoms with Gasteiger partial charge >= 0.3 is 0 Å². The molecule has 1 N–H and O–H groups in total. The summed E-state index contributed by atoms with van der Waals surface area (Å²) in [7, 11) is -3.22. The van der Waals surface area contributed by atoms with Crippen LogP contribution >= 0.6 is 0 Å². The van der Waals surface area contributed by atoms with E-state index in [-0.39, 0.29) is 11.7 Å². The Kier molecular flexibility index (Phi) is 5.91. The maximum absolute atomic E-state index is 12.6. The molecule has 4 rings (SSSR count). The fourth-order valence-corrected chi connectivity index (χ4v) is 4.41. The highest BCUT2D eigenvalue weighted by molar-refractivity contribution is 7.91. The number of fused-ring (bicyclic) bond motifs is 1. The number of benzene rings is 3. The fraction of sp³-hybridized carbons (Fsp3) is 0.160. The summed E-state index contributed by atoms with van der Waals surface area (Å²) in [5.74, 6) is -0.0958. The van der Waals surface area contributed by atoms with Crippen molar-refractivity contribution < 1.29 is 13.2 Å². The van der Waals surface area contributed by atoms with Crippen molar-refractivity contribution in [2.45, 2.75) is 24.9 Å². The Bertz CT molecular complexity index is 1310. The van der Waals surface area contributed by atoms with E-state index >= 15 is 0 Å². The molecule has 5 nitrogen and oxygen atoms in total. The Labute approximate surface area is 182 Å². The predicted molar refractivity (Wildman–Crippen MR) is 123 cm³/mol. The van der Waals surface area contributed by atoms with Gasteiger partial charge in [-0.15, -0.1) is 0 Å². The second kappa shape index (κ2) is 8.78. The van der Waals surface area contributed by atoms with Crippen LogP contribution in [0.15, 0.2) is 90.0 Å². The second-order valence-corrected chi connectivity index (χ2v) is 9.71. The van der Waals surface area contributed by atoms with Gasteiger partial charge in [-0.05, 0) is 47.5 Å². The van der Waals surface area contributed by atoms with E-state index in [1.54, 1.807) is 31.2 Å². The molecule has 1 amide bonds. The van der Waals surface area contributed by atoms with Crippen LogP contribution in [0.5, 0.6) is 0 Å². The lowest BCUT2D eigenvalue weighted by atomic mass is 10.1. The van der Waals surface area contributed by atoms with Gasteiger partial charge in [0.1, 0.15) is 0 Å². The van der Waals surface area contributed by atoms with Crippen molar-refractivity contribution >= 4 is 26.6 Å². The normalized spacial score (nSPS) is 11.5. The lowest BCUT2D eigenvalue weighted by Crippen LogP contribution is -2.22. The molecule has 1 aromatic heterocycles. The Morgan fingerprint density at radius 2 is 1.65 bits per heavy atom. The average molecular weight is 433 g/mol. The molecular weight excluding hydrogens is 408 g/mol. The Morgan fingerprint density at radius 3 is 2.35 bits per heavy atom. The van der Waals surface area contributed by atoms with Crippen LogP contribution in [-0.4, -0.2) is 24.6 Å². The summed E-state index contributed by atoms with van der Waals surface area (Å²) in [5.41, 5.74) is 3.74. The third kappa shape index (κ3) is 4.70. The first-order chi connectivity index (χ1) is 15.0. The molecule has 0 saturated heterocycles. The summed E-state index contributed by atoms with van der Waals surface area (Å²) < 4.78 is 26.0. The minimum atomic E-state index is -3.22. The van der Waals surface area contributed by atoms with Gasteiger partial charge in [-0.2, -0.15) is 0 Å². The van der Waals surface area contributed by atoms with Crippen LogP contribution in [0.3, 0.4) is 0 Å². The molecule has 0 fully saturated rings. The molecular formula is C25H24N2O3S. The predicted octanol–water partition coefficient (Wildman–Crippen LogP) is 4.41. The first kappa shape index (κ1) is 20.9. The van der Waals surface area contributed by atoms with E-state index in [2.05, 4.69) is 22.0 Å². The molecule has 158 valence electrons. The van der Waals surface area contributed by atoms with Gasteiger partial charge in [-0.3, -0.25) is 4.79 Å². The minimum Gasteiger partial charge on any atom is -0.348 e. The van der Waals surface area contributed by atoms with E-state index in [0.29, 0.717) is 17.0 Å². The monoisotopic (exact) mass is 432 g/mol. The smallest absolute Gasteiger partial charge is 0.251 e. The zero-order valence-corrected chi connectivity index (χ0v) is 18.1. The SMILES string of the molecule is CCS(=O)(=O)c1ccc(CNC(=O)c2ccc3c(ccn3Cc3ccccc3)c2)cc1. The maximum Gasteiger partial charge on any atom is 0.251 e. The standard InChI is InChI=1S/C25H24N2O3S/c1-2-31(29,30)23-11-8-19(9-12-23)17-26-25(28)22-10-13-24-21(16-22)14-15-27(24)18-20-6-4-3-5-7-20/h3-16H,2,17-18H2,1H3,(H,26,28). The Morgan fingerprint density at radius 1 is 0.903 bits per heavy atom. The lowest BCUT2D eigenvalue weighted by Gasteiger charge is -2.08. The highest BCUT2D eigenvalue weighted by Gasteiger charge is 2.12. The highest BCUT2D eigenvalue weighted by atomic mass is 32.2. The highest BCUT2D eigenvalue weighted by Crippen LogP contribution is 2.19. The number of hydrogen-bond donors (Lipinski definition) is 1. The molecule has 0 bridgehead atoms. The van der Waals surface area contributed by atoms with Gasteiger partial charge in [-0.1, -0.05) is 49.4 Å². The summed E-state index contributed by atoms with van der Waals surface area (Å²) in [6.45, 7) is 2.73.